The monoisotopic (exact) mass is 296 g/mol. The number of carboxylic acid groups (broad SMARTS) is 1. The van der Waals surface area contributed by atoms with Crippen molar-refractivity contribution in [2.24, 2.45) is 5.92 Å². The molecule has 3 aliphatic heterocycles. The molecular formula is C15H24N2O4. The molecule has 2 unspecified atom stereocenters. The molecule has 0 spiro atoms. The van der Waals surface area contributed by atoms with Crippen LogP contribution in [0.25, 0.3) is 0 Å². The number of carboxylic acids is 1. The van der Waals surface area contributed by atoms with Crippen LogP contribution in [0, 0.1) is 5.92 Å². The van der Waals surface area contributed by atoms with Crippen LogP contribution in [0.4, 0.5) is 0 Å². The maximum Gasteiger partial charge on any atom is 0.303 e. The van der Waals surface area contributed by atoms with Crippen molar-refractivity contribution in [3.63, 3.8) is 0 Å². The largest absolute Gasteiger partial charge is 0.481 e. The molecule has 0 aromatic heterocycles. The van der Waals surface area contributed by atoms with Crippen LogP contribution in [0.2, 0.25) is 0 Å². The van der Waals surface area contributed by atoms with E-state index in [2.05, 4.69) is 5.32 Å². The second kappa shape index (κ2) is 5.57. The first-order valence-electron chi connectivity index (χ1n) is 7.84. The summed E-state index contributed by atoms with van der Waals surface area (Å²) in [5.41, 5.74) is -0.198. The van der Waals surface area contributed by atoms with E-state index < -0.39 is 5.97 Å². The van der Waals surface area contributed by atoms with Crippen molar-refractivity contribution in [3.05, 3.63) is 0 Å². The van der Waals surface area contributed by atoms with Crippen LogP contribution >= 0.6 is 0 Å². The highest BCUT2D eigenvalue weighted by molar-refractivity contribution is 5.78. The van der Waals surface area contributed by atoms with Crippen molar-refractivity contribution in [3.8, 4) is 0 Å². The lowest BCUT2D eigenvalue weighted by molar-refractivity contribution is -0.151. The lowest BCUT2D eigenvalue weighted by atomic mass is 9.88. The lowest BCUT2D eigenvalue weighted by Crippen LogP contribution is -2.60. The minimum Gasteiger partial charge on any atom is -0.481 e. The summed E-state index contributed by atoms with van der Waals surface area (Å²) in [7, 11) is 0. The van der Waals surface area contributed by atoms with Gasteiger partial charge in [0.25, 0.3) is 0 Å². The van der Waals surface area contributed by atoms with E-state index in [0.717, 1.165) is 38.8 Å². The Morgan fingerprint density at radius 3 is 2.38 bits per heavy atom. The third kappa shape index (κ3) is 3.06. The molecule has 0 saturated carbocycles. The fraction of sp³-hybridized carbons (Fsp3) is 0.867. The number of nitrogens with one attached hydrogen (secondary N) is 1. The molecule has 6 nitrogen and oxygen atoms in total. The summed E-state index contributed by atoms with van der Waals surface area (Å²) >= 11 is 0. The summed E-state index contributed by atoms with van der Waals surface area (Å²) in [5, 5.41) is 12.1. The van der Waals surface area contributed by atoms with Gasteiger partial charge in [-0.15, -0.1) is 0 Å². The van der Waals surface area contributed by atoms with Crippen molar-refractivity contribution in [2.75, 3.05) is 19.7 Å². The van der Waals surface area contributed by atoms with Crippen LogP contribution in [0.15, 0.2) is 0 Å². The number of ether oxygens (including phenoxy) is 1. The lowest BCUT2D eigenvalue weighted by Gasteiger charge is -2.41. The fourth-order valence-electron chi connectivity index (χ4n) is 4.00. The van der Waals surface area contributed by atoms with Gasteiger partial charge in [0.15, 0.2) is 0 Å². The van der Waals surface area contributed by atoms with Crippen molar-refractivity contribution in [1.29, 1.82) is 0 Å². The number of hydrogen-bond acceptors (Lipinski definition) is 4. The van der Waals surface area contributed by atoms with Gasteiger partial charge in [0.1, 0.15) is 6.61 Å². The predicted octanol–water partition coefficient (Wildman–Crippen LogP) is 0.609. The van der Waals surface area contributed by atoms with Crippen molar-refractivity contribution in [2.45, 2.75) is 56.7 Å². The molecule has 2 atom stereocenters. The number of piperidine rings is 1. The summed E-state index contributed by atoms with van der Waals surface area (Å²) < 4.78 is 5.75. The number of aliphatic carboxylic acids is 1. The Kier molecular flexibility index (Phi) is 3.92. The van der Waals surface area contributed by atoms with Gasteiger partial charge >= 0.3 is 5.97 Å². The van der Waals surface area contributed by atoms with Gasteiger partial charge in [-0.25, -0.2) is 0 Å². The molecule has 2 N–H and O–H groups in total. The van der Waals surface area contributed by atoms with Gasteiger partial charge in [-0.2, -0.15) is 0 Å². The molecule has 3 aliphatic rings. The zero-order valence-corrected chi connectivity index (χ0v) is 12.5. The van der Waals surface area contributed by atoms with E-state index in [0.29, 0.717) is 0 Å². The molecule has 0 aromatic carbocycles. The number of carbonyl (C=O) groups is 2. The van der Waals surface area contributed by atoms with E-state index in [1.165, 1.54) is 0 Å². The van der Waals surface area contributed by atoms with Gasteiger partial charge in [0.2, 0.25) is 5.91 Å². The first-order chi connectivity index (χ1) is 9.97. The molecule has 1 amide bonds. The highest BCUT2D eigenvalue weighted by atomic mass is 16.5. The zero-order chi connectivity index (χ0) is 15.0. The van der Waals surface area contributed by atoms with E-state index in [1.54, 1.807) is 0 Å². The molecule has 21 heavy (non-hydrogen) atoms. The smallest absolute Gasteiger partial charge is 0.303 e. The third-order valence-electron chi connectivity index (χ3n) is 5.12. The molecular weight excluding hydrogens is 272 g/mol. The van der Waals surface area contributed by atoms with E-state index in [9.17, 15) is 9.59 Å². The van der Waals surface area contributed by atoms with Gasteiger partial charge in [-0.3, -0.25) is 9.59 Å². The SMILES string of the molecule is CC1(OCC(=O)N2C3CCC2CC(CC(=O)O)C3)CNC1. The second-order valence-corrected chi connectivity index (χ2v) is 6.96. The van der Waals surface area contributed by atoms with Crippen LogP contribution in [0.5, 0.6) is 0 Å². The van der Waals surface area contributed by atoms with E-state index >= 15 is 0 Å². The Bertz CT molecular complexity index is 421. The Hall–Kier alpha value is -1.14. The number of amides is 1. The van der Waals surface area contributed by atoms with Crippen LogP contribution in [-0.2, 0) is 14.3 Å². The van der Waals surface area contributed by atoms with Crippen LogP contribution < -0.4 is 5.32 Å². The number of carbonyl (C=O) groups excluding carboxylic acids is 1. The van der Waals surface area contributed by atoms with Crippen LogP contribution in [0.3, 0.4) is 0 Å². The Balaban J connectivity index is 1.54. The molecule has 3 fully saturated rings. The summed E-state index contributed by atoms with van der Waals surface area (Å²) in [4.78, 5) is 25.3. The number of hydrogen-bond donors (Lipinski definition) is 2. The molecule has 3 rings (SSSR count). The first kappa shape index (κ1) is 14.8. The van der Waals surface area contributed by atoms with Crippen molar-refractivity contribution >= 4 is 11.9 Å². The van der Waals surface area contributed by atoms with E-state index in [4.69, 9.17) is 9.84 Å². The average Bonchev–Trinajstić information content (AvgIpc) is 2.65. The third-order valence-corrected chi connectivity index (χ3v) is 5.12. The Labute approximate surface area is 124 Å². The first-order valence-corrected chi connectivity index (χ1v) is 7.84. The molecule has 118 valence electrons. The second-order valence-electron chi connectivity index (χ2n) is 6.96. The molecule has 0 radical (unpaired) electrons. The minimum absolute atomic E-state index is 0.0735. The Morgan fingerprint density at radius 1 is 1.29 bits per heavy atom. The van der Waals surface area contributed by atoms with Crippen molar-refractivity contribution in [1.82, 2.24) is 10.2 Å². The number of fused-ring (bicyclic) bond motifs is 2. The fourth-order valence-corrected chi connectivity index (χ4v) is 4.00. The van der Waals surface area contributed by atoms with Gasteiger partial charge in [0.05, 0.1) is 5.60 Å². The quantitative estimate of drug-likeness (QED) is 0.777. The molecule has 0 aromatic rings. The van der Waals surface area contributed by atoms with Crippen molar-refractivity contribution < 1.29 is 19.4 Å². The molecule has 3 saturated heterocycles. The molecule has 0 aliphatic carbocycles. The molecule has 6 heteroatoms. The molecule has 2 bridgehead atoms. The van der Waals surface area contributed by atoms with E-state index in [-0.39, 0.29) is 42.5 Å². The Morgan fingerprint density at radius 2 is 1.90 bits per heavy atom. The van der Waals surface area contributed by atoms with Crippen LogP contribution in [0.1, 0.15) is 39.0 Å². The topological polar surface area (TPSA) is 78.9 Å². The van der Waals surface area contributed by atoms with Gasteiger partial charge in [0, 0.05) is 31.6 Å². The standard InChI is InChI=1S/C15H24N2O4/c1-15(8-16-9-15)21-7-13(18)17-11-2-3-12(17)5-10(4-11)6-14(19)20/h10-12,16H,2-9H2,1H3,(H,19,20). The normalized spacial score (nSPS) is 33.6. The summed E-state index contributed by atoms with van der Waals surface area (Å²) in [6.07, 6.45) is 3.90. The van der Waals surface area contributed by atoms with Gasteiger partial charge in [-0.1, -0.05) is 0 Å². The summed E-state index contributed by atoms with van der Waals surface area (Å²) in [5.74, 6) is -0.435. The zero-order valence-electron chi connectivity index (χ0n) is 12.5. The number of rotatable bonds is 5. The molecule has 3 heterocycles. The summed E-state index contributed by atoms with van der Waals surface area (Å²) in [6, 6.07) is 0.438. The minimum atomic E-state index is -0.729. The predicted molar refractivity (Wildman–Crippen MR) is 75.9 cm³/mol. The maximum absolute atomic E-state index is 12.4. The highest BCUT2D eigenvalue weighted by Crippen LogP contribution is 2.40. The summed E-state index contributed by atoms with van der Waals surface area (Å²) in [6.45, 7) is 3.76. The highest BCUT2D eigenvalue weighted by Gasteiger charge is 2.44. The van der Waals surface area contributed by atoms with E-state index in [1.807, 2.05) is 11.8 Å². The van der Waals surface area contributed by atoms with Crippen LogP contribution in [-0.4, -0.2) is 59.3 Å². The maximum atomic E-state index is 12.4. The van der Waals surface area contributed by atoms with Gasteiger partial charge < -0.3 is 20.1 Å². The average molecular weight is 296 g/mol. The number of nitrogens with zero attached hydrogens (tertiary/aromatic N) is 1. The van der Waals surface area contributed by atoms with Gasteiger partial charge in [-0.05, 0) is 38.5 Å².